The quantitative estimate of drug-likeness (QED) is 0.155. The van der Waals surface area contributed by atoms with Crippen molar-refractivity contribution in [3.8, 4) is 5.75 Å². The lowest BCUT2D eigenvalue weighted by atomic mass is 10.2. The molecule has 7 heteroatoms. The number of aliphatic imine (C=N–C) groups is 1. The molecule has 0 heterocycles. The number of guanidine groups is 1. The fourth-order valence-electron chi connectivity index (χ4n) is 2.70. The van der Waals surface area contributed by atoms with Crippen molar-refractivity contribution in [2.75, 3.05) is 32.6 Å². The number of hydrogen-bond donors (Lipinski definition) is 2. The van der Waals surface area contributed by atoms with Crippen molar-refractivity contribution in [1.29, 1.82) is 0 Å². The third-order valence-electron chi connectivity index (χ3n) is 4.08. The van der Waals surface area contributed by atoms with Crippen molar-refractivity contribution in [2.45, 2.75) is 46.1 Å². The molecule has 0 radical (unpaired) electrons. The van der Waals surface area contributed by atoms with Crippen molar-refractivity contribution in [3.63, 3.8) is 0 Å². The van der Waals surface area contributed by atoms with Crippen LogP contribution in [0.2, 0.25) is 0 Å². The molecule has 28 heavy (non-hydrogen) atoms. The molecule has 0 spiro atoms. The smallest absolute Gasteiger partial charge is 0.221 e. The summed E-state index contributed by atoms with van der Waals surface area (Å²) in [6, 6.07) is 5.72. The van der Waals surface area contributed by atoms with E-state index >= 15 is 0 Å². The first-order chi connectivity index (χ1) is 13.0. The summed E-state index contributed by atoms with van der Waals surface area (Å²) in [5.74, 6) is 1.40. The highest BCUT2D eigenvalue weighted by atomic mass is 127. The lowest BCUT2D eigenvalue weighted by Crippen LogP contribution is -2.39. The molecule has 6 nitrogen and oxygen atoms in total. The molecule has 1 amide bonds. The number of nitrogens with zero attached hydrogens (tertiary/aromatic N) is 2. The van der Waals surface area contributed by atoms with Gasteiger partial charge in [0.2, 0.25) is 5.91 Å². The number of carbonyl (C=O) groups excluding carboxylic acids is 1. The first-order valence-corrected chi connectivity index (χ1v) is 9.56. The topological polar surface area (TPSA) is 66.0 Å². The Morgan fingerprint density at radius 1 is 1.32 bits per heavy atom. The zero-order valence-electron chi connectivity index (χ0n) is 17.6. The number of hydrogen-bond acceptors (Lipinski definition) is 3. The summed E-state index contributed by atoms with van der Waals surface area (Å²) in [5.41, 5.74) is 1.67. The van der Waals surface area contributed by atoms with Crippen LogP contribution < -0.4 is 15.4 Å². The second kappa shape index (κ2) is 15.2. The zero-order valence-corrected chi connectivity index (χ0v) is 19.9. The van der Waals surface area contributed by atoms with Crippen molar-refractivity contribution >= 4 is 41.5 Å². The van der Waals surface area contributed by atoms with E-state index in [2.05, 4.69) is 36.1 Å². The monoisotopic (exact) mass is 502 g/mol. The Balaban J connectivity index is 0.00000729. The van der Waals surface area contributed by atoms with Crippen LogP contribution in [0.15, 0.2) is 35.8 Å². The molecule has 0 aromatic heterocycles. The molecule has 0 bridgehead atoms. The van der Waals surface area contributed by atoms with Crippen molar-refractivity contribution in [3.05, 3.63) is 36.4 Å². The first kappa shape index (κ1) is 26.2. The second-order valence-electron chi connectivity index (χ2n) is 6.45. The number of anilines is 1. The third-order valence-corrected chi connectivity index (χ3v) is 4.08. The molecule has 0 aliphatic rings. The number of unbranched alkanes of at least 4 members (excludes halogenated alkanes) is 3. The van der Waals surface area contributed by atoms with Crippen LogP contribution in [0.5, 0.6) is 5.75 Å². The summed E-state index contributed by atoms with van der Waals surface area (Å²) in [6.45, 7) is 9.62. The van der Waals surface area contributed by atoms with E-state index in [0.29, 0.717) is 18.0 Å². The van der Waals surface area contributed by atoms with E-state index in [0.717, 1.165) is 37.5 Å². The molecule has 0 saturated carbocycles. The van der Waals surface area contributed by atoms with Crippen molar-refractivity contribution in [1.82, 2.24) is 10.2 Å². The van der Waals surface area contributed by atoms with Crippen LogP contribution in [0.1, 0.15) is 45.1 Å². The molecule has 0 saturated heterocycles. The maximum absolute atomic E-state index is 11.4. The molecule has 1 rings (SSSR count). The SMILES string of the molecule is C=CCCCCCN(C)C(=NCc1ccc(OC)c(NC(C)=O)c1)NCC.I. The molecule has 0 aliphatic carbocycles. The molecular weight excluding hydrogens is 467 g/mol. The Hall–Kier alpha value is -1.77. The van der Waals surface area contributed by atoms with Gasteiger partial charge in [0.1, 0.15) is 5.75 Å². The minimum absolute atomic E-state index is 0. The average molecular weight is 502 g/mol. The van der Waals surface area contributed by atoms with Gasteiger partial charge in [0.15, 0.2) is 5.96 Å². The maximum atomic E-state index is 11.4. The molecule has 0 fully saturated rings. The minimum Gasteiger partial charge on any atom is -0.495 e. The van der Waals surface area contributed by atoms with Crippen LogP contribution in [0.25, 0.3) is 0 Å². The number of carbonyl (C=O) groups is 1. The highest BCUT2D eigenvalue weighted by Gasteiger charge is 2.08. The van der Waals surface area contributed by atoms with Gasteiger partial charge in [-0.3, -0.25) is 4.79 Å². The number of ether oxygens (including phenoxy) is 1. The van der Waals surface area contributed by atoms with Crippen LogP contribution in [0, 0.1) is 0 Å². The molecule has 1 aromatic carbocycles. The van der Waals surface area contributed by atoms with E-state index in [9.17, 15) is 4.79 Å². The standard InChI is InChI=1S/C21H34N4O2.HI/c1-6-8-9-10-11-14-25(4)21(22-7-2)23-16-18-12-13-20(27-5)19(15-18)24-17(3)26;/h6,12-13,15H,1,7-11,14,16H2,2-5H3,(H,22,23)(H,24,26);1H. The predicted octanol–water partition coefficient (Wildman–Crippen LogP) is 4.42. The summed E-state index contributed by atoms with van der Waals surface area (Å²) >= 11 is 0. The summed E-state index contributed by atoms with van der Waals surface area (Å²) in [7, 11) is 3.65. The minimum atomic E-state index is -0.126. The molecule has 0 unspecified atom stereocenters. The number of nitrogens with one attached hydrogen (secondary N) is 2. The maximum Gasteiger partial charge on any atom is 0.221 e. The fourth-order valence-corrected chi connectivity index (χ4v) is 2.70. The van der Waals surface area contributed by atoms with Gasteiger partial charge in [-0.1, -0.05) is 18.6 Å². The summed E-state index contributed by atoms with van der Waals surface area (Å²) < 4.78 is 5.30. The Labute approximate surface area is 186 Å². The van der Waals surface area contributed by atoms with Crippen LogP contribution in [-0.4, -0.2) is 44.0 Å². The largest absolute Gasteiger partial charge is 0.495 e. The molecule has 2 N–H and O–H groups in total. The van der Waals surface area contributed by atoms with Crippen LogP contribution in [0.4, 0.5) is 5.69 Å². The van der Waals surface area contributed by atoms with Gasteiger partial charge in [0, 0.05) is 27.1 Å². The van der Waals surface area contributed by atoms with E-state index in [1.165, 1.54) is 19.8 Å². The molecule has 1 aromatic rings. The van der Waals surface area contributed by atoms with Crippen LogP contribution >= 0.6 is 24.0 Å². The fraction of sp³-hybridized carbons (Fsp3) is 0.524. The van der Waals surface area contributed by atoms with E-state index in [1.807, 2.05) is 24.3 Å². The molecular formula is C21H35IN4O2. The second-order valence-corrected chi connectivity index (χ2v) is 6.45. The third kappa shape index (κ3) is 9.96. The van der Waals surface area contributed by atoms with Crippen molar-refractivity contribution in [2.24, 2.45) is 4.99 Å². The van der Waals surface area contributed by atoms with E-state index in [4.69, 9.17) is 9.73 Å². The lowest BCUT2D eigenvalue weighted by molar-refractivity contribution is -0.114. The summed E-state index contributed by atoms with van der Waals surface area (Å²) in [6.07, 6.45) is 6.55. The predicted molar refractivity (Wildman–Crippen MR) is 129 cm³/mol. The Kier molecular flexibility index (Phi) is 14.2. The zero-order chi connectivity index (χ0) is 20.1. The van der Waals surface area contributed by atoms with Gasteiger partial charge in [-0.25, -0.2) is 4.99 Å². The molecule has 0 atom stereocenters. The van der Waals surface area contributed by atoms with Gasteiger partial charge in [-0.05, 0) is 43.9 Å². The Morgan fingerprint density at radius 3 is 2.68 bits per heavy atom. The van der Waals surface area contributed by atoms with Crippen LogP contribution in [-0.2, 0) is 11.3 Å². The highest BCUT2D eigenvalue weighted by Crippen LogP contribution is 2.25. The number of benzene rings is 1. The molecule has 158 valence electrons. The van der Waals surface area contributed by atoms with E-state index in [1.54, 1.807) is 7.11 Å². The number of rotatable bonds is 11. The average Bonchev–Trinajstić information content (AvgIpc) is 2.64. The first-order valence-electron chi connectivity index (χ1n) is 9.56. The van der Waals surface area contributed by atoms with Gasteiger partial charge in [0.05, 0.1) is 19.3 Å². The number of halogens is 1. The van der Waals surface area contributed by atoms with Gasteiger partial charge < -0.3 is 20.3 Å². The number of allylic oxidation sites excluding steroid dienone is 1. The van der Waals surface area contributed by atoms with Gasteiger partial charge >= 0.3 is 0 Å². The van der Waals surface area contributed by atoms with E-state index in [-0.39, 0.29) is 29.9 Å². The highest BCUT2D eigenvalue weighted by molar-refractivity contribution is 14.0. The van der Waals surface area contributed by atoms with Crippen LogP contribution in [0.3, 0.4) is 0 Å². The van der Waals surface area contributed by atoms with Gasteiger partial charge in [-0.2, -0.15) is 0 Å². The van der Waals surface area contributed by atoms with E-state index < -0.39 is 0 Å². The normalized spacial score (nSPS) is 10.6. The van der Waals surface area contributed by atoms with Gasteiger partial charge in [0.25, 0.3) is 0 Å². The Bertz CT molecular complexity index is 635. The van der Waals surface area contributed by atoms with Gasteiger partial charge in [-0.15, -0.1) is 30.6 Å². The number of methoxy groups -OCH3 is 1. The number of amides is 1. The molecule has 0 aliphatic heterocycles. The Morgan fingerprint density at radius 2 is 2.07 bits per heavy atom. The summed E-state index contributed by atoms with van der Waals surface area (Å²) in [5, 5.41) is 6.14. The summed E-state index contributed by atoms with van der Waals surface area (Å²) in [4.78, 5) is 18.3. The lowest BCUT2D eigenvalue weighted by Gasteiger charge is -2.22. The van der Waals surface area contributed by atoms with Crippen molar-refractivity contribution < 1.29 is 9.53 Å².